The van der Waals surface area contributed by atoms with Crippen molar-refractivity contribution in [2.45, 2.75) is 0 Å². The van der Waals surface area contributed by atoms with E-state index in [1.165, 1.54) is 4.57 Å². The van der Waals surface area contributed by atoms with Crippen LogP contribution in [-0.2, 0) is 23.7 Å². The van der Waals surface area contributed by atoms with Gasteiger partial charge < -0.3 is 9.80 Å². The second kappa shape index (κ2) is 9.10. The van der Waals surface area contributed by atoms with Crippen molar-refractivity contribution in [3.8, 4) is 0 Å². The first-order valence-electron chi connectivity index (χ1n) is 11.3. The van der Waals surface area contributed by atoms with Crippen molar-refractivity contribution in [1.29, 1.82) is 0 Å². The third kappa shape index (κ3) is 4.25. The van der Waals surface area contributed by atoms with Crippen LogP contribution in [0.3, 0.4) is 0 Å². The van der Waals surface area contributed by atoms with Crippen molar-refractivity contribution >= 4 is 51.6 Å². The Balaban J connectivity index is 1.26. The Labute approximate surface area is 206 Å². The molecule has 0 saturated carbocycles. The predicted octanol–water partition coefficient (Wildman–Crippen LogP) is 2.26. The molecule has 2 aliphatic heterocycles. The van der Waals surface area contributed by atoms with E-state index in [0.29, 0.717) is 31.7 Å². The van der Waals surface area contributed by atoms with E-state index in [2.05, 4.69) is 4.90 Å². The SMILES string of the molecule is Cn1c(=O)n(C)c2cc(/C=C3/SC(=O)N(CC(=O)N4CCN(c5ccccc5)CC4)C3=O)ccc21. The Morgan fingerprint density at radius 2 is 1.60 bits per heavy atom. The maximum Gasteiger partial charge on any atom is 0.328 e. The van der Waals surface area contributed by atoms with E-state index >= 15 is 0 Å². The van der Waals surface area contributed by atoms with Gasteiger partial charge in [-0.25, -0.2) is 4.79 Å². The van der Waals surface area contributed by atoms with Gasteiger partial charge in [-0.1, -0.05) is 24.3 Å². The number of piperazine rings is 1. The van der Waals surface area contributed by atoms with Gasteiger partial charge in [0.05, 0.1) is 15.9 Å². The quantitative estimate of drug-likeness (QED) is 0.521. The van der Waals surface area contributed by atoms with Gasteiger partial charge in [0.1, 0.15) is 6.54 Å². The fourth-order valence-corrected chi connectivity index (χ4v) is 5.33. The number of hydrogen-bond donors (Lipinski definition) is 0. The highest BCUT2D eigenvalue weighted by Crippen LogP contribution is 2.32. The Morgan fingerprint density at radius 1 is 0.914 bits per heavy atom. The van der Waals surface area contributed by atoms with Gasteiger partial charge in [0.25, 0.3) is 11.1 Å². The number of nitrogens with zero attached hydrogens (tertiary/aromatic N) is 5. The largest absolute Gasteiger partial charge is 0.368 e. The molecule has 3 heterocycles. The van der Waals surface area contributed by atoms with Crippen LogP contribution >= 0.6 is 11.8 Å². The van der Waals surface area contributed by atoms with E-state index in [1.807, 2.05) is 42.5 Å². The summed E-state index contributed by atoms with van der Waals surface area (Å²) >= 11 is 0.827. The van der Waals surface area contributed by atoms with E-state index in [1.54, 1.807) is 35.7 Å². The van der Waals surface area contributed by atoms with Crippen LogP contribution in [0.1, 0.15) is 5.56 Å². The summed E-state index contributed by atoms with van der Waals surface area (Å²) in [7, 11) is 3.39. The number of benzene rings is 2. The molecule has 0 aliphatic carbocycles. The molecule has 10 heteroatoms. The van der Waals surface area contributed by atoms with Crippen LogP contribution < -0.4 is 10.6 Å². The average Bonchev–Trinajstić information content (AvgIpc) is 3.26. The Bertz CT molecular complexity index is 1420. The third-order valence-electron chi connectivity index (χ3n) is 6.51. The molecular weight excluding hydrogens is 466 g/mol. The number of carbonyl (C=O) groups excluding carboxylic acids is 3. The van der Waals surface area contributed by atoms with Gasteiger partial charge in [-0.3, -0.25) is 28.4 Å². The van der Waals surface area contributed by atoms with E-state index in [4.69, 9.17) is 0 Å². The van der Waals surface area contributed by atoms with Crippen molar-refractivity contribution < 1.29 is 14.4 Å². The van der Waals surface area contributed by atoms with Crippen molar-refractivity contribution in [1.82, 2.24) is 18.9 Å². The molecule has 2 fully saturated rings. The molecule has 1 aromatic heterocycles. The number of aromatic nitrogens is 2. The maximum absolute atomic E-state index is 12.9. The summed E-state index contributed by atoms with van der Waals surface area (Å²) in [6.45, 7) is 2.20. The third-order valence-corrected chi connectivity index (χ3v) is 7.42. The minimum atomic E-state index is -0.474. The van der Waals surface area contributed by atoms with E-state index in [9.17, 15) is 19.2 Å². The van der Waals surface area contributed by atoms with Crippen molar-refractivity contribution in [3.63, 3.8) is 0 Å². The first-order chi connectivity index (χ1) is 16.8. The molecular formula is C25H25N5O4S. The van der Waals surface area contributed by atoms with Crippen LogP contribution in [0.15, 0.2) is 58.2 Å². The highest BCUT2D eigenvalue weighted by molar-refractivity contribution is 8.18. The molecule has 0 spiro atoms. The van der Waals surface area contributed by atoms with Crippen LogP contribution in [0, 0.1) is 0 Å². The summed E-state index contributed by atoms with van der Waals surface area (Å²) in [5, 5.41) is -0.453. The van der Waals surface area contributed by atoms with Gasteiger partial charge in [0, 0.05) is 46.0 Å². The number of hydrogen-bond acceptors (Lipinski definition) is 6. The number of amides is 3. The minimum Gasteiger partial charge on any atom is -0.368 e. The zero-order valence-corrected chi connectivity index (χ0v) is 20.3. The summed E-state index contributed by atoms with van der Waals surface area (Å²) < 4.78 is 3.09. The summed E-state index contributed by atoms with van der Waals surface area (Å²) in [5.74, 6) is -0.708. The van der Waals surface area contributed by atoms with Crippen molar-refractivity contribution in [2.75, 3.05) is 37.6 Å². The minimum absolute atomic E-state index is 0.138. The second-order valence-electron chi connectivity index (χ2n) is 8.62. The predicted molar refractivity (Wildman–Crippen MR) is 136 cm³/mol. The standard InChI is InChI=1S/C25H25N5O4S/c1-26-19-9-8-17(14-20(19)27(2)24(26)33)15-21-23(32)30(25(34)35-21)16-22(31)29-12-10-28(11-13-29)18-6-4-3-5-7-18/h3-9,14-15H,10-13,16H2,1-2H3/b21-15+. The number of imide groups is 1. The number of fused-ring (bicyclic) bond motifs is 1. The van der Waals surface area contributed by atoms with Crippen LogP contribution in [-0.4, -0.2) is 68.7 Å². The Morgan fingerprint density at radius 3 is 2.31 bits per heavy atom. The van der Waals surface area contributed by atoms with Gasteiger partial charge in [-0.15, -0.1) is 0 Å². The molecule has 0 N–H and O–H groups in total. The smallest absolute Gasteiger partial charge is 0.328 e. The molecule has 0 bridgehead atoms. The molecule has 180 valence electrons. The lowest BCUT2D eigenvalue weighted by Crippen LogP contribution is -2.51. The number of aryl methyl sites for hydroxylation is 2. The van der Waals surface area contributed by atoms with Crippen LogP contribution in [0.5, 0.6) is 0 Å². The lowest BCUT2D eigenvalue weighted by Gasteiger charge is -2.36. The van der Waals surface area contributed by atoms with Gasteiger partial charge in [-0.05, 0) is 47.7 Å². The Kier molecular flexibility index (Phi) is 5.98. The van der Waals surface area contributed by atoms with Crippen molar-refractivity contribution in [2.24, 2.45) is 14.1 Å². The summed E-state index contributed by atoms with van der Waals surface area (Å²) in [6.07, 6.45) is 1.63. The number of anilines is 1. The molecule has 2 saturated heterocycles. The van der Waals surface area contributed by atoms with Gasteiger partial charge in [-0.2, -0.15) is 0 Å². The van der Waals surface area contributed by atoms with Crippen LogP contribution in [0.25, 0.3) is 17.1 Å². The molecule has 5 rings (SSSR count). The molecule has 3 amide bonds. The van der Waals surface area contributed by atoms with E-state index in [-0.39, 0.29) is 23.0 Å². The number of para-hydroxylation sites is 1. The van der Waals surface area contributed by atoms with Gasteiger partial charge in [0.15, 0.2) is 0 Å². The summed E-state index contributed by atoms with van der Waals surface area (Å²) in [4.78, 5) is 55.7. The molecule has 2 aliphatic rings. The lowest BCUT2D eigenvalue weighted by atomic mass is 10.2. The second-order valence-corrected chi connectivity index (χ2v) is 9.61. The number of imidazole rings is 1. The molecule has 35 heavy (non-hydrogen) atoms. The number of carbonyl (C=O) groups is 3. The highest BCUT2D eigenvalue weighted by Gasteiger charge is 2.37. The number of rotatable bonds is 4. The first-order valence-corrected chi connectivity index (χ1v) is 12.1. The fourth-order valence-electron chi connectivity index (χ4n) is 4.49. The van der Waals surface area contributed by atoms with Crippen LogP contribution in [0.2, 0.25) is 0 Å². The first kappa shape index (κ1) is 23.0. The van der Waals surface area contributed by atoms with E-state index in [0.717, 1.165) is 33.4 Å². The van der Waals surface area contributed by atoms with Gasteiger partial charge in [0.2, 0.25) is 5.91 Å². The zero-order chi connectivity index (χ0) is 24.7. The van der Waals surface area contributed by atoms with Gasteiger partial charge >= 0.3 is 5.69 Å². The molecule has 0 atom stereocenters. The summed E-state index contributed by atoms with van der Waals surface area (Å²) in [6, 6.07) is 15.4. The Hall–Kier alpha value is -3.79. The molecule has 0 unspecified atom stereocenters. The normalized spacial score (nSPS) is 17.8. The molecule has 0 radical (unpaired) electrons. The monoisotopic (exact) mass is 491 g/mol. The molecule has 2 aromatic carbocycles. The number of thioether (sulfide) groups is 1. The average molecular weight is 492 g/mol. The topological polar surface area (TPSA) is 87.9 Å². The molecule has 9 nitrogen and oxygen atoms in total. The maximum atomic E-state index is 12.9. The lowest BCUT2D eigenvalue weighted by molar-refractivity contribution is -0.136. The zero-order valence-electron chi connectivity index (χ0n) is 19.5. The van der Waals surface area contributed by atoms with Crippen LogP contribution in [0.4, 0.5) is 10.5 Å². The molecule has 3 aromatic rings. The summed E-state index contributed by atoms with van der Waals surface area (Å²) in [5.41, 5.74) is 3.19. The fraction of sp³-hybridized carbons (Fsp3) is 0.280. The van der Waals surface area contributed by atoms with Crippen molar-refractivity contribution in [3.05, 3.63) is 69.5 Å². The highest BCUT2D eigenvalue weighted by atomic mass is 32.2. The van der Waals surface area contributed by atoms with E-state index < -0.39 is 11.1 Å².